The predicted octanol–water partition coefficient (Wildman–Crippen LogP) is 2.76. The smallest absolute Gasteiger partial charge is 0.243 e. The summed E-state index contributed by atoms with van der Waals surface area (Å²) in [5.41, 5.74) is 3.10. The molecular formula is C17H23N3O2S. The number of aliphatic hydroxyl groups excluding tert-OH is 1. The Balaban J connectivity index is 2.03. The third-order valence-corrected chi connectivity index (χ3v) is 4.56. The Morgan fingerprint density at radius 3 is 2.70 bits per heavy atom. The van der Waals surface area contributed by atoms with Gasteiger partial charge in [-0.3, -0.25) is 9.69 Å². The van der Waals surface area contributed by atoms with E-state index in [0.717, 1.165) is 11.3 Å². The lowest BCUT2D eigenvalue weighted by molar-refractivity contribution is -0.120. The maximum absolute atomic E-state index is 12.3. The van der Waals surface area contributed by atoms with Gasteiger partial charge in [-0.15, -0.1) is 11.3 Å². The van der Waals surface area contributed by atoms with Gasteiger partial charge in [0.15, 0.2) is 5.13 Å². The van der Waals surface area contributed by atoms with E-state index in [0.29, 0.717) is 18.2 Å². The summed E-state index contributed by atoms with van der Waals surface area (Å²) >= 11 is 1.42. The number of amides is 1. The van der Waals surface area contributed by atoms with Crippen molar-refractivity contribution in [3.05, 3.63) is 35.2 Å². The van der Waals surface area contributed by atoms with Crippen molar-refractivity contribution in [3.8, 4) is 11.3 Å². The molecule has 1 atom stereocenters. The molecule has 1 amide bonds. The number of carbonyl (C=O) groups excluding carboxylic acids is 1. The van der Waals surface area contributed by atoms with Crippen LogP contribution in [0.15, 0.2) is 29.6 Å². The van der Waals surface area contributed by atoms with Gasteiger partial charge in [0.25, 0.3) is 0 Å². The number of nitrogens with one attached hydrogen (secondary N) is 1. The summed E-state index contributed by atoms with van der Waals surface area (Å²) in [5, 5.41) is 14.5. The van der Waals surface area contributed by atoms with Crippen molar-refractivity contribution in [2.75, 3.05) is 25.0 Å². The van der Waals surface area contributed by atoms with Crippen LogP contribution in [0, 0.1) is 6.92 Å². The molecule has 0 saturated heterocycles. The first kappa shape index (κ1) is 17.6. The van der Waals surface area contributed by atoms with Crippen molar-refractivity contribution in [2.24, 2.45) is 0 Å². The summed E-state index contributed by atoms with van der Waals surface area (Å²) in [6.45, 7) is 7.09. The summed E-state index contributed by atoms with van der Waals surface area (Å²) < 4.78 is 0. The lowest BCUT2D eigenvalue weighted by Crippen LogP contribution is -2.43. The van der Waals surface area contributed by atoms with Crippen LogP contribution in [0.2, 0.25) is 0 Å². The monoisotopic (exact) mass is 333 g/mol. The van der Waals surface area contributed by atoms with Gasteiger partial charge in [0.2, 0.25) is 5.91 Å². The number of carbonyl (C=O) groups is 1. The second kappa shape index (κ2) is 8.19. The van der Waals surface area contributed by atoms with Crippen LogP contribution in [0.4, 0.5) is 5.13 Å². The molecule has 0 radical (unpaired) electrons. The Hall–Kier alpha value is -1.76. The Labute approximate surface area is 141 Å². The van der Waals surface area contributed by atoms with Crippen molar-refractivity contribution in [3.63, 3.8) is 0 Å². The number of hydrogen-bond donors (Lipinski definition) is 2. The van der Waals surface area contributed by atoms with Crippen molar-refractivity contribution in [1.29, 1.82) is 0 Å². The number of benzene rings is 1. The van der Waals surface area contributed by atoms with E-state index < -0.39 is 0 Å². The van der Waals surface area contributed by atoms with E-state index in [2.05, 4.69) is 10.3 Å². The molecule has 6 heteroatoms. The molecule has 23 heavy (non-hydrogen) atoms. The highest BCUT2D eigenvalue weighted by atomic mass is 32.1. The second-order valence-corrected chi connectivity index (χ2v) is 6.28. The number of aliphatic hydroxyl groups is 1. The highest BCUT2D eigenvalue weighted by Crippen LogP contribution is 2.25. The summed E-state index contributed by atoms with van der Waals surface area (Å²) in [6, 6.07) is 7.84. The number of rotatable bonds is 7. The van der Waals surface area contributed by atoms with Crippen LogP contribution in [0.3, 0.4) is 0 Å². The Morgan fingerprint density at radius 2 is 2.09 bits per heavy atom. The SMILES string of the molecule is CCN(CCO)C(C)C(=O)Nc1nc(-c2ccc(C)cc2)cs1. The summed E-state index contributed by atoms with van der Waals surface area (Å²) in [6.07, 6.45) is 0. The van der Waals surface area contributed by atoms with Crippen LogP contribution in [0.5, 0.6) is 0 Å². The third kappa shape index (κ3) is 4.60. The van der Waals surface area contributed by atoms with E-state index in [4.69, 9.17) is 5.11 Å². The third-order valence-electron chi connectivity index (χ3n) is 3.80. The first-order chi connectivity index (χ1) is 11.0. The standard InChI is InChI=1S/C17H23N3O2S/c1-4-20(9-10-21)13(3)16(22)19-17-18-15(11-23-17)14-7-5-12(2)6-8-14/h5-8,11,13,21H,4,9-10H2,1-3H3,(H,18,19,22). The number of nitrogens with zero attached hydrogens (tertiary/aromatic N) is 2. The minimum absolute atomic E-state index is 0.0419. The quantitative estimate of drug-likeness (QED) is 0.818. The zero-order chi connectivity index (χ0) is 16.8. The predicted molar refractivity (Wildman–Crippen MR) is 94.7 cm³/mol. The second-order valence-electron chi connectivity index (χ2n) is 5.42. The molecule has 1 aromatic heterocycles. The van der Waals surface area contributed by atoms with E-state index in [9.17, 15) is 4.79 Å². The minimum Gasteiger partial charge on any atom is -0.395 e. The maximum atomic E-state index is 12.3. The van der Waals surface area contributed by atoms with Crippen LogP contribution in [0.25, 0.3) is 11.3 Å². The molecule has 0 saturated carbocycles. The molecule has 0 aliphatic heterocycles. The lowest BCUT2D eigenvalue weighted by Gasteiger charge is -2.25. The average molecular weight is 333 g/mol. The van der Waals surface area contributed by atoms with Crippen molar-refractivity contribution in [1.82, 2.24) is 9.88 Å². The average Bonchev–Trinajstić information content (AvgIpc) is 3.01. The van der Waals surface area contributed by atoms with Crippen molar-refractivity contribution >= 4 is 22.4 Å². The fourth-order valence-electron chi connectivity index (χ4n) is 2.32. The van der Waals surface area contributed by atoms with Crippen LogP contribution in [0.1, 0.15) is 19.4 Å². The van der Waals surface area contributed by atoms with E-state index >= 15 is 0 Å². The highest BCUT2D eigenvalue weighted by Gasteiger charge is 2.20. The number of likely N-dealkylation sites (N-methyl/N-ethyl adjacent to an activating group) is 1. The molecule has 124 valence electrons. The topological polar surface area (TPSA) is 65.5 Å². The molecular weight excluding hydrogens is 310 g/mol. The van der Waals surface area contributed by atoms with Crippen LogP contribution < -0.4 is 5.32 Å². The van der Waals surface area contributed by atoms with Gasteiger partial charge in [-0.25, -0.2) is 4.98 Å². The van der Waals surface area contributed by atoms with Crippen LogP contribution >= 0.6 is 11.3 Å². The number of thiazole rings is 1. The molecule has 0 aliphatic rings. The Morgan fingerprint density at radius 1 is 1.39 bits per heavy atom. The molecule has 2 N–H and O–H groups in total. The Bertz CT molecular complexity index is 640. The van der Waals surface area contributed by atoms with E-state index in [1.165, 1.54) is 16.9 Å². The maximum Gasteiger partial charge on any atom is 0.243 e. The molecule has 5 nitrogen and oxygen atoms in total. The van der Waals surface area contributed by atoms with Crippen LogP contribution in [-0.4, -0.2) is 46.6 Å². The van der Waals surface area contributed by atoms with Gasteiger partial charge in [0.05, 0.1) is 18.3 Å². The van der Waals surface area contributed by atoms with Crippen molar-refractivity contribution in [2.45, 2.75) is 26.8 Å². The fraction of sp³-hybridized carbons (Fsp3) is 0.412. The lowest BCUT2D eigenvalue weighted by atomic mass is 10.1. The van der Waals surface area contributed by atoms with Gasteiger partial charge in [-0.1, -0.05) is 36.8 Å². The molecule has 0 bridgehead atoms. The number of anilines is 1. The van der Waals surface area contributed by atoms with E-state index in [1.807, 2.05) is 55.3 Å². The van der Waals surface area contributed by atoms with Gasteiger partial charge in [-0.05, 0) is 20.4 Å². The molecule has 1 aromatic carbocycles. The zero-order valence-electron chi connectivity index (χ0n) is 13.7. The van der Waals surface area contributed by atoms with Gasteiger partial charge < -0.3 is 10.4 Å². The molecule has 0 spiro atoms. The molecule has 0 aliphatic carbocycles. The number of aryl methyl sites for hydroxylation is 1. The normalized spacial score (nSPS) is 12.4. The summed E-state index contributed by atoms with van der Waals surface area (Å²) in [7, 11) is 0. The van der Waals surface area contributed by atoms with Crippen molar-refractivity contribution < 1.29 is 9.90 Å². The minimum atomic E-state index is -0.307. The van der Waals surface area contributed by atoms with Gasteiger partial charge >= 0.3 is 0 Å². The fourth-order valence-corrected chi connectivity index (χ4v) is 3.04. The van der Waals surface area contributed by atoms with Gasteiger partial charge in [-0.2, -0.15) is 0 Å². The molecule has 2 rings (SSSR count). The Kier molecular flexibility index (Phi) is 6.27. The summed E-state index contributed by atoms with van der Waals surface area (Å²) in [5.74, 6) is -0.106. The van der Waals surface area contributed by atoms with Gasteiger partial charge in [0.1, 0.15) is 0 Å². The first-order valence-electron chi connectivity index (χ1n) is 7.73. The number of hydrogen-bond acceptors (Lipinski definition) is 5. The van der Waals surface area contributed by atoms with Gasteiger partial charge in [0, 0.05) is 17.5 Å². The largest absolute Gasteiger partial charge is 0.395 e. The highest BCUT2D eigenvalue weighted by molar-refractivity contribution is 7.14. The van der Waals surface area contributed by atoms with E-state index in [1.54, 1.807) is 0 Å². The zero-order valence-corrected chi connectivity index (χ0v) is 14.6. The molecule has 1 unspecified atom stereocenters. The molecule has 2 aromatic rings. The number of aromatic nitrogens is 1. The molecule has 0 fully saturated rings. The van der Waals surface area contributed by atoms with Crippen LogP contribution in [-0.2, 0) is 4.79 Å². The summed E-state index contributed by atoms with van der Waals surface area (Å²) in [4.78, 5) is 18.7. The first-order valence-corrected chi connectivity index (χ1v) is 8.61. The molecule has 1 heterocycles. The van der Waals surface area contributed by atoms with E-state index in [-0.39, 0.29) is 18.6 Å².